The third-order valence-corrected chi connectivity index (χ3v) is 2.77. The molecule has 1 aromatic heterocycles. The van der Waals surface area contributed by atoms with Crippen LogP contribution in [0.1, 0.15) is 35.8 Å². The molecule has 2 rings (SSSR count). The third-order valence-electron chi connectivity index (χ3n) is 2.77. The summed E-state index contributed by atoms with van der Waals surface area (Å²) in [6, 6.07) is 5.47. The van der Waals surface area contributed by atoms with Gasteiger partial charge in [0.2, 0.25) is 5.88 Å². The van der Waals surface area contributed by atoms with Crippen LogP contribution in [-0.4, -0.2) is 16.1 Å². The lowest BCUT2D eigenvalue weighted by Gasteiger charge is -2.11. The zero-order valence-corrected chi connectivity index (χ0v) is 11.4. The summed E-state index contributed by atoms with van der Waals surface area (Å²) in [5.74, 6) is -3.04. The highest BCUT2D eigenvalue weighted by Gasteiger charge is 2.13. The summed E-state index contributed by atoms with van der Waals surface area (Å²) < 4.78 is 31.6. The van der Waals surface area contributed by atoms with Crippen molar-refractivity contribution in [3.63, 3.8) is 0 Å². The number of benzene rings is 1. The zero-order chi connectivity index (χ0) is 15.6. The van der Waals surface area contributed by atoms with E-state index in [9.17, 15) is 13.6 Å². The molecule has 0 radical (unpaired) electrons. The van der Waals surface area contributed by atoms with Gasteiger partial charge in [-0.2, -0.15) is 0 Å². The standard InChI is InChI=1S/C15H13F2NO3/c1-8(2)12-5-9(15(19)20)6-14(18-12)21-13-4-3-10(16)7-11(13)17/h3-8H,1-2H3,(H,19,20). The van der Waals surface area contributed by atoms with Crippen molar-refractivity contribution in [2.45, 2.75) is 19.8 Å². The first-order valence-corrected chi connectivity index (χ1v) is 6.25. The molecule has 0 spiro atoms. The van der Waals surface area contributed by atoms with Crippen LogP contribution in [0.2, 0.25) is 0 Å². The molecule has 0 saturated heterocycles. The predicted octanol–water partition coefficient (Wildman–Crippen LogP) is 3.97. The Bertz CT molecular complexity index is 687. The summed E-state index contributed by atoms with van der Waals surface area (Å²) in [5.41, 5.74) is 0.499. The van der Waals surface area contributed by atoms with Crippen LogP contribution in [-0.2, 0) is 0 Å². The molecule has 0 atom stereocenters. The smallest absolute Gasteiger partial charge is 0.335 e. The number of carbonyl (C=O) groups is 1. The number of hydrogen-bond donors (Lipinski definition) is 1. The summed E-state index contributed by atoms with van der Waals surface area (Å²) in [5, 5.41) is 9.07. The fourth-order valence-corrected chi connectivity index (χ4v) is 1.67. The van der Waals surface area contributed by atoms with Crippen molar-refractivity contribution < 1.29 is 23.4 Å². The van der Waals surface area contributed by atoms with Crippen molar-refractivity contribution >= 4 is 5.97 Å². The third kappa shape index (κ3) is 3.53. The molecule has 1 heterocycles. The van der Waals surface area contributed by atoms with Gasteiger partial charge in [0.05, 0.1) is 5.56 Å². The Balaban J connectivity index is 2.41. The van der Waals surface area contributed by atoms with E-state index in [1.165, 1.54) is 12.1 Å². The number of aromatic carboxylic acids is 1. The number of carboxylic acid groups (broad SMARTS) is 1. The van der Waals surface area contributed by atoms with Gasteiger partial charge in [0.15, 0.2) is 11.6 Å². The maximum absolute atomic E-state index is 13.5. The molecule has 110 valence electrons. The lowest BCUT2D eigenvalue weighted by atomic mass is 10.1. The van der Waals surface area contributed by atoms with Crippen LogP contribution in [0.25, 0.3) is 0 Å². The number of hydrogen-bond acceptors (Lipinski definition) is 3. The van der Waals surface area contributed by atoms with Gasteiger partial charge in [0, 0.05) is 17.8 Å². The Kier molecular flexibility index (Phi) is 4.16. The molecule has 0 aliphatic carbocycles. The number of ether oxygens (including phenoxy) is 1. The zero-order valence-electron chi connectivity index (χ0n) is 11.4. The van der Waals surface area contributed by atoms with Gasteiger partial charge < -0.3 is 9.84 Å². The van der Waals surface area contributed by atoms with E-state index in [1.807, 2.05) is 13.8 Å². The van der Waals surface area contributed by atoms with Gasteiger partial charge in [-0.3, -0.25) is 0 Å². The summed E-state index contributed by atoms with van der Waals surface area (Å²) in [7, 11) is 0. The van der Waals surface area contributed by atoms with E-state index in [1.54, 1.807) is 0 Å². The molecule has 0 amide bonds. The number of aromatic nitrogens is 1. The second-order valence-corrected chi connectivity index (χ2v) is 4.76. The number of halogens is 2. The first-order valence-electron chi connectivity index (χ1n) is 6.25. The largest absolute Gasteiger partial charge is 0.478 e. The van der Waals surface area contributed by atoms with Crippen LogP contribution in [0, 0.1) is 11.6 Å². The average Bonchev–Trinajstić information content (AvgIpc) is 2.41. The second-order valence-electron chi connectivity index (χ2n) is 4.76. The molecular formula is C15H13F2NO3. The Morgan fingerprint density at radius 2 is 1.95 bits per heavy atom. The van der Waals surface area contributed by atoms with Crippen molar-refractivity contribution in [3.05, 3.63) is 53.2 Å². The van der Waals surface area contributed by atoms with Crippen LogP contribution >= 0.6 is 0 Å². The topological polar surface area (TPSA) is 59.4 Å². The number of carboxylic acids is 1. The quantitative estimate of drug-likeness (QED) is 0.926. The lowest BCUT2D eigenvalue weighted by molar-refractivity contribution is 0.0696. The Labute approximate surface area is 120 Å². The van der Waals surface area contributed by atoms with E-state index in [0.29, 0.717) is 11.8 Å². The molecule has 21 heavy (non-hydrogen) atoms. The van der Waals surface area contributed by atoms with E-state index >= 15 is 0 Å². The monoisotopic (exact) mass is 293 g/mol. The summed E-state index contributed by atoms with van der Waals surface area (Å²) in [4.78, 5) is 15.2. The van der Waals surface area contributed by atoms with E-state index in [-0.39, 0.29) is 23.1 Å². The molecule has 1 aromatic carbocycles. The second kappa shape index (κ2) is 5.87. The van der Waals surface area contributed by atoms with Gasteiger partial charge >= 0.3 is 5.97 Å². The number of nitrogens with zero attached hydrogens (tertiary/aromatic N) is 1. The molecule has 0 aliphatic heterocycles. The minimum Gasteiger partial charge on any atom is -0.478 e. The normalized spacial score (nSPS) is 10.7. The fourth-order valence-electron chi connectivity index (χ4n) is 1.67. The number of pyridine rings is 1. The van der Waals surface area contributed by atoms with Gasteiger partial charge in [-0.05, 0) is 24.1 Å². The maximum atomic E-state index is 13.5. The van der Waals surface area contributed by atoms with Crippen LogP contribution in [0.15, 0.2) is 30.3 Å². The van der Waals surface area contributed by atoms with Crippen molar-refractivity contribution in [1.29, 1.82) is 0 Å². The highest BCUT2D eigenvalue weighted by atomic mass is 19.1. The van der Waals surface area contributed by atoms with Crippen molar-refractivity contribution in [3.8, 4) is 11.6 Å². The van der Waals surface area contributed by atoms with Crippen molar-refractivity contribution in [1.82, 2.24) is 4.98 Å². The van der Waals surface area contributed by atoms with Gasteiger partial charge in [0.1, 0.15) is 5.82 Å². The minimum atomic E-state index is -1.14. The highest BCUT2D eigenvalue weighted by Crippen LogP contribution is 2.26. The van der Waals surface area contributed by atoms with E-state index in [4.69, 9.17) is 9.84 Å². The Morgan fingerprint density at radius 1 is 1.24 bits per heavy atom. The van der Waals surface area contributed by atoms with Crippen LogP contribution in [0.3, 0.4) is 0 Å². The maximum Gasteiger partial charge on any atom is 0.335 e. The Hall–Kier alpha value is -2.50. The van der Waals surface area contributed by atoms with E-state index < -0.39 is 17.6 Å². The van der Waals surface area contributed by atoms with E-state index in [2.05, 4.69) is 4.98 Å². The fraction of sp³-hybridized carbons (Fsp3) is 0.200. The molecule has 0 bridgehead atoms. The van der Waals surface area contributed by atoms with Crippen LogP contribution < -0.4 is 4.74 Å². The Morgan fingerprint density at radius 3 is 2.52 bits per heavy atom. The molecule has 0 unspecified atom stereocenters. The molecule has 0 aliphatic rings. The van der Waals surface area contributed by atoms with Crippen LogP contribution in [0.4, 0.5) is 8.78 Å². The molecule has 2 aromatic rings. The minimum absolute atomic E-state index is 0.00813. The first kappa shape index (κ1) is 14.9. The number of rotatable bonds is 4. The molecule has 0 fully saturated rings. The molecule has 1 N–H and O–H groups in total. The summed E-state index contributed by atoms with van der Waals surface area (Å²) in [6.45, 7) is 3.69. The van der Waals surface area contributed by atoms with Crippen molar-refractivity contribution in [2.75, 3.05) is 0 Å². The SMILES string of the molecule is CC(C)c1cc(C(=O)O)cc(Oc2ccc(F)cc2F)n1. The highest BCUT2D eigenvalue weighted by molar-refractivity contribution is 5.88. The van der Waals surface area contributed by atoms with Crippen LogP contribution in [0.5, 0.6) is 11.6 Å². The summed E-state index contributed by atoms with van der Waals surface area (Å²) >= 11 is 0. The lowest BCUT2D eigenvalue weighted by Crippen LogP contribution is -2.03. The molecular weight excluding hydrogens is 280 g/mol. The van der Waals surface area contributed by atoms with Gasteiger partial charge in [-0.1, -0.05) is 13.8 Å². The molecule has 0 saturated carbocycles. The summed E-state index contributed by atoms with van der Waals surface area (Å²) in [6.07, 6.45) is 0. The first-order chi connectivity index (χ1) is 9.86. The predicted molar refractivity (Wildman–Crippen MR) is 71.7 cm³/mol. The van der Waals surface area contributed by atoms with E-state index in [0.717, 1.165) is 12.1 Å². The van der Waals surface area contributed by atoms with Gasteiger partial charge in [0.25, 0.3) is 0 Å². The molecule has 6 heteroatoms. The van der Waals surface area contributed by atoms with Crippen molar-refractivity contribution in [2.24, 2.45) is 0 Å². The average molecular weight is 293 g/mol. The molecule has 4 nitrogen and oxygen atoms in total. The van der Waals surface area contributed by atoms with Gasteiger partial charge in [-0.25, -0.2) is 18.6 Å². The van der Waals surface area contributed by atoms with Gasteiger partial charge in [-0.15, -0.1) is 0 Å².